The molecule has 4 nitrogen and oxygen atoms in total. The van der Waals surface area contributed by atoms with Crippen molar-refractivity contribution in [2.75, 3.05) is 19.8 Å². The number of nitrogens with one attached hydrogen (secondary N) is 1. The van der Waals surface area contributed by atoms with Gasteiger partial charge in [-0.05, 0) is 42.7 Å². The van der Waals surface area contributed by atoms with E-state index in [2.05, 4.69) is 23.7 Å². The number of benzene rings is 2. The summed E-state index contributed by atoms with van der Waals surface area (Å²) in [6.07, 6.45) is 2.92. The van der Waals surface area contributed by atoms with Gasteiger partial charge in [-0.3, -0.25) is 4.79 Å². The third kappa shape index (κ3) is 7.29. The van der Waals surface area contributed by atoms with Crippen molar-refractivity contribution in [1.82, 2.24) is 5.32 Å². The van der Waals surface area contributed by atoms with Gasteiger partial charge in [0.1, 0.15) is 18.1 Å². The second-order valence-electron chi connectivity index (χ2n) is 5.77. The Hall–Kier alpha value is -3.19. The predicted octanol–water partition coefficient (Wildman–Crippen LogP) is 3.55. The number of ether oxygens (including phenoxy) is 2. The summed E-state index contributed by atoms with van der Waals surface area (Å²) < 4.78 is 11.1. The Morgan fingerprint density at radius 2 is 1.89 bits per heavy atom. The van der Waals surface area contributed by atoms with Gasteiger partial charge in [0.25, 0.3) is 0 Å². The van der Waals surface area contributed by atoms with Gasteiger partial charge in [0.2, 0.25) is 5.91 Å². The van der Waals surface area contributed by atoms with Crippen LogP contribution in [0.25, 0.3) is 0 Å². The van der Waals surface area contributed by atoms with Crippen molar-refractivity contribution >= 4 is 5.91 Å². The van der Waals surface area contributed by atoms with Crippen molar-refractivity contribution in [1.29, 1.82) is 0 Å². The lowest BCUT2D eigenvalue weighted by molar-refractivity contribution is -0.120. The molecule has 2 rings (SSSR count). The number of rotatable bonds is 9. The van der Waals surface area contributed by atoms with E-state index >= 15 is 0 Å². The molecule has 2 aromatic rings. The van der Waals surface area contributed by atoms with E-state index in [1.807, 2.05) is 61.5 Å². The second-order valence-corrected chi connectivity index (χ2v) is 5.77. The van der Waals surface area contributed by atoms with E-state index in [1.165, 1.54) is 0 Å². The van der Waals surface area contributed by atoms with Gasteiger partial charge in [-0.1, -0.05) is 48.2 Å². The van der Waals surface area contributed by atoms with E-state index in [-0.39, 0.29) is 12.5 Å². The van der Waals surface area contributed by atoms with E-state index in [4.69, 9.17) is 9.47 Å². The fraction of sp³-hybridized carbons (Fsp3) is 0.261. The van der Waals surface area contributed by atoms with Crippen LogP contribution in [0.1, 0.15) is 18.1 Å². The summed E-state index contributed by atoms with van der Waals surface area (Å²) in [5, 5.41) is 2.79. The van der Waals surface area contributed by atoms with Crippen LogP contribution in [0.3, 0.4) is 0 Å². The molecule has 140 valence electrons. The molecule has 0 aromatic heterocycles. The van der Waals surface area contributed by atoms with Crippen molar-refractivity contribution in [3.05, 3.63) is 72.3 Å². The lowest BCUT2D eigenvalue weighted by atomic mass is 10.1. The summed E-state index contributed by atoms with van der Waals surface area (Å²) in [6.45, 7) is 6.89. The first-order valence-corrected chi connectivity index (χ1v) is 8.98. The number of carbonyl (C=O) groups is 1. The van der Waals surface area contributed by atoms with Crippen LogP contribution in [-0.2, 0) is 17.6 Å². The monoisotopic (exact) mass is 363 g/mol. The first-order valence-electron chi connectivity index (χ1n) is 8.98. The predicted molar refractivity (Wildman–Crippen MR) is 108 cm³/mol. The third-order valence-corrected chi connectivity index (χ3v) is 3.73. The minimum Gasteiger partial charge on any atom is -0.494 e. The average molecular weight is 363 g/mol. The fourth-order valence-electron chi connectivity index (χ4n) is 2.46. The van der Waals surface area contributed by atoms with Crippen LogP contribution in [0.5, 0.6) is 11.5 Å². The molecule has 0 fully saturated rings. The standard InChI is InChI=1S/C23H25NO3/c1-3-9-20-10-5-6-11-22(20)27-17-8-7-16-24-23(25)18-19-12-14-21(15-13-19)26-4-2/h3,5-6,10-15H,1,4,9,16-18H2,2H3,(H,24,25). The Kier molecular flexibility index (Phi) is 8.52. The Morgan fingerprint density at radius 3 is 2.63 bits per heavy atom. The van der Waals surface area contributed by atoms with Crippen molar-refractivity contribution < 1.29 is 14.3 Å². The molecule has 27 heavy (non-hydrogen) atoms. The normalized spacial score (nSPS) is 9.67. The molecule has 0 saturated heterocycles. The third-order valence-electron chi connectivity index (χ3n) is 3.73. The summed E-state index contributed by atoms with van der Waals surface area (Å²) in [5.41, 5.74) is 2.02. The van der Waals surface area contributed by atoms with Crippen molar-refractivity contribution in [2.45, 2.75) is 19.8 Å². The van der Waals surface area contributed by atoms with Gasteiger partial charge in [0.05, 0.1) is 19.6 Å². The molecule has 0 bridgehead atoms. The van der Waals surface area contributed by atoms with Crippen LogP contribution in [0.2, 0.25) is 0 Å². The number of para-hydroxylation sites is 1. The highest BCUT2D eigenvalue weighted by atomic mass is 16.5. The van der Waals surface area contributed by atoms with Crippen LogP contribution in [0.15, 0.2) is 61.2 Å². The zero-order valence-corrected chi connectivity index (χ0v) is 15.7. The molecule has 0 aliphatic heterocycles. The summed E-state index contributed by atoms with van der Waals surface area (Å²) in [6, 6.07) is 15.3. The summed E-state index contributed by atoms with van der Waals surface area (Å²) >= 11 is 0. The molecule has 0 radical (unpaired) electrons. The van der Waals surface area contributed by atoms with Crippen LogP contribution in [0.4, 0.5) is 0 Å². The van der Waals surface area contributed by atoms with E-state index in [9.17, 15) is 4.79 Å². The first-order chi connectivity index (χ1) is 13.2. The molecule has 0 spiro atoms. The number of hydrogen-bond donors (Lipinski definition) is 1. The molecule has 0 aliphatic carbocycles. The lowest BCUT2D eigenvalue weighted by Gasteiger charge is -2.07. The maximum atomic E-state index is 11.9. The second kappa shape index (κ2) is 11.4. The van der Waals surface area contributed by atoms with Crippen LogP contribution in [-0.4, -0.2) is 25.7 Å². The van der Waals surface area contributed by atoms with E-state index in [1.54, 1.807) is 0 Å². The summed E-state index contributed by atoms with van der Waals surface area (Å²) in [5.74, 6) is 7.37. The molecule has 0 atom stereocenters. The number of allylic oxidation sites excluding steroid dienone is 1. The average Bonchev–Trinajstić information content (AvgIpc) is 2.68. The smallest absolute Gasteiger partial charge is 0.225 e. The Bertz CT molecular complexity index is 800. The number of amides is 1. The van der Waals surface area contributed by atoms with Crippen LogP contribution in [0, 0.1) is 11.8 Å². The Labute approximate surface area is 161 Å². The Morgan fingerprint density at radius 1 is 1.11 bits per heavy atom. The minimum absolute atomic E-state index is 0.0642. The molecule has 1 amide bonds. The maximum absolute atomic E-state index is 11.9. The highest BCUT2D eigenvalue weighted by Gasteiger charge is 2.02. The molecule has 0 unspecified atom stereocenters. The summed E-state index contributed by atoms with van der Waals surface area (Å²) in [7, 11) is 0. The zero-order chi connectivity index (χ0) is 19.3. The number of carbonyl (C=O) groups excluding carboxylic acids is 1. The van der Waals surface area contributed by atoms with Crippen LogP contribution < -0.4 is 14.8 Å². The van der Waals surface area contributed by atoms with Crippen molar-refractivity contribution in [3.8, 4) is 23.3 Å². The first kappa shape index (κ1) is 20.1. The molecule has 2 aromatic carbocycles. The van der Waals surface area contributed by atoms with Gasteiger partial charge in [-0.15, -0.1) is 6.58 Å². The van der Waals surface area contributed by atoms with Gasteiger partial charge in [-0.25, -0.2) is 0 Å². The molecular formula is C23H25NO3. The molecule has 4 heteroatoms. The highest BCUT2D eigenvalue weighted by Crippen LogP contribution is 2.18. The molecule has 0 aliphatic rings. The molecule has 0 heterocycles. The quantitative estimate of drug-likeness (QED) is 0.547. The van der Waals surface area contributed by atoms with E-state index in [0.29, 0.717) is 19.6 Å². The van der Waals surface area contributed by atoms with Gasteiger partial charge in [0.15, 0.2) is 0 Å². The van der Waals surface area contributed by atoms with Gasteiger partial charge >= 0.3 is 0 Å². The molecular weight excluding hydrogens is 338 g/mol. The number of hydrogen-bond acceptors (Lipinski definition) is 3. The van der Waals surface area contributed by atoms with E-state index < -0.39 is 0 Å². The van der Waals surface area contributed by atoms with Crippen LogP contribution >= 0.6 is 0 Å². The van der Waals surface area contributed by atoms with Gasteiger partial charge < -0.3 is 14.8 Å². The van der Waals surface area contributed by atoms with E-state index in [0.717, 1.165) is 29.0 Å². The molecule has 0 saturated carbocycles. The molecule has 1 N–H and O–H groups in total. The Balaban J connectivity index is 1.70. The minimum atomic E-state index is -0.0642. The van der Waals surface area contributed by atoms with Gasteiger partial charge in [0, 0.05) is 0 Å². The fourth-order valence-corrected chi connectivity index (χ4v) is 2.46. The largest absolute Gasteiger partial charge is 0.494 e. The zero-order valence-electron chi connectivity index (χ0n) is 15.7. The maximum Gasteiger partial charge on any atom is 0.225 e. The SMILES string of the molecule is C=CCc1ccccc1OCC#CCNC(=O)Cc1ccc(OCC)cc1. The topological polar surface area (TPSA) is 47.6 Å². The van der Waals surface area contributed by atoms with Crippen molar-refractivity contribution in [3.63, 3.8) is 0 Å². The highest BCUT2D eigenvalue weighted by molar-refractivity contribution is 5.78. The van der Waals surface area contributed by atoms with Gasteiger partial charge in [-0.2, -0.15) is 0 Å². The summed E-state index contributed by atoms with van der Waals surface area (Å²) in [4.78, 5) is 11.9. The van der Waals surface area contributed by atoms with Crippen molar-refractivity contribution in [2.24, 2.45) is 0 Å². The lowest BCUT2D eigenvalue weighted by Crippen LogP contribution is -2.25.